The summed E-state index contributed by atoms with van der Waals surface area (Å²) in [6, 6.07) is 0. The van der Waals surface area contributed by atoms with Crippen LogP contribution in [0.1, 0.15) is 0 Å². The third-order valence-corrected chi connectivity index (χ3v) is 2.50. The highest BCUT2D eigenvalue weighted by atomic mass is 28.3. The molecule has 1 fully saturated rings. The Bertz CT molecular complexity index is 44.1. The van der Waals surface area contributed by atoms with E-state index in [-0.39, 0.29) is 0 Å². The Hall–Kier alpha value is 0.137. The Balaban J connectivity index is 2.18. The molecule has 6 heavy (non-hydrogen) atoms. The van der Waals surface area contributed by atoms with Gasteiger partial charge in [0.15, 0.2) is 0 Å². The minimum Gasteiger partial charge on any atom is -0.405 e. The molecular formula is C3H9NOSi. The van der Waals surface area contributed by atoms with Crippen LogP contribution in [-0.2, 0) is 4.43 Å². The molecule has 1 rings (SSSR count). The minimum absolute atomic E-state index is 0.799. The fourth-order valence-electron chi connectivity index (χ4n) is 0.557. The van der Waals surface area contributed by atoms with Gasteiger partial charge in [-0.25, -0.2) is 0 Å². The maximum Gasteiger partial charge on any atom is 0.249 e. The van der Waals surface area contributed by atoms with Gasteiger partial charge in [-0.2, -0.15) is 0 Å². The lowest BCUT2D eigenvalue weighted by Crippen LogP contribution is -2.23. The highest BCUT2D eigenvalue weighted by Gasteiger charge is 2.08. The van der Waals surface area contributed by atoms with Crippen LogP contribution in [-0.4, -0.2) is 22.4 Å². The van der Waals surface area contributed by atoms with Crippen LogP contribution in [0.15, 0.2) is 0 Å². The molecule has 0 aromatic heterocycles. The molecule has 1 atom stereocenters. The summed E-state index contributed by atoms with van der Waals surface area (Å²) in [7, 11) is -0.799. The molecule has 1 aliphatic heterocycles. The molecule has 0 aromatic rings. The summed E-state index contributed by atoms with van der Waals surface area (Å²) in [5, 5.41) is 0. The van der Waals surface area contributed by atoms with Gasteiger partial charge in [0.1, 0.15) is 0 Å². The van der Waals surface area contributed by atoms with Crippen molar-refractivity contribution < 1.29 is 4.43 Å². The van der Waals surface area contributed by atoms with Crippen LogP contribution in [0.4, 0.5) is 0 Å². The van der Waals surface area contributed by atoms with Gasteiger partial charge in [0.2, 0.25) is 9.20 Å². The fourth-order valence-corrected chi connectivity index (χ4v) is 1.67. The molecule has 1 N–H and O–H groups in total. The maximum atomic E-state index is 5.18. The third-order valence-electron chi connectivity index (χ3n) is 0.902. The van der Waals surface area contributed by atoms with Crippen LogP contribution in [0.25, 0.3) is 0 Å². The first kappa shape index (κ1) is 4.30. The SMILES string of the molecule is C[SiH]1NCCO1. The van der Waals surface area contributed by atoms with Gasteiger partial charge >= 0.3 is 0 Å². The third kappa shape index (κ3) is 0.799. The van der Waals surface area contributed by atoms with E-state index in [2.05, 4.69) is 11.5 Å². The number of rotatable bonds is 0. The smallest absolute Gasteiger partial charge is 0.249 e. The van der Waals surface area contributed by atoms with Gasteiger partial charge in [0, 0.05) is 13.2 Å². The van der Waals surface area contributed by atoms with E-state index in [1.165, 1.54) is 0 Å². The molecule has 1 aliphatic rings. The van der Waals surface area contributed by atoms with Crippen molar-refractivity contribution in [3.63, 3.8) is 0 Å². The highest BCUT2D eigenvalue weighted by molar-refractivity contribution is 6.47. The zero-order valence-corrected chi connectivity index (χ0v) is 5.05. The van der Waals surface area contributed by atoms with E-state index in [0.29, 0.717) is 0 Å². The molecule has 0 bridgehead atoms. The zero-order valence-electron chi connectivity index (χ0n) is 3.90. The standard InChI is InChI=1S/C3H9NOSi/c1-6-4-2-3-5-6/h4,6H,2-3H2,1H3. The molecule has 0 amide bonds. The van der Waals surface area contributed by atoms with Gasteiger partial charge in [-0.3, -0.25) is 0 Å². The van der Waals surface area contributed by atoms with Gasteiger partial charge in [-0.15, -0.1) is 0 Å². The lowest BCUT2D eigenvalue weighted by Gasteiger charge is -1.92. The van der Waals surface area contributed by atoms with E-state index in [0.717, 1.165) is 13.2 Å². The second-order valence-electron chi connectivity index (χ2n) is 1.47. The van der Waals surface area contributed by atoms with Crippen LogP contribution in [0, 0.1) is 0 Å². The Kier molecular flexibility index (Phi) is 1.24. The van der Waals surface area contributed by atoms with E-state index in [1.54, 1.807) is 0 Å². The van der Waals surface area contributed by atoms with Gasteiger partial charge in [0.05, 0.1) is 0 Å². The van der Waals surface area contributed by atoms with E-state index in [4.69, 9.17) is 4.43 Å². The van der Waals surface area contributed by atoms with Crippen molar-refractivity contribution in [3.05, 3.63) is 0 Å². The van der Waals surface area contributed by atoms with Crippen molar-refractivity contribution in [2.75, 3.05) is 13.2 Å². The predicted molar refractivity (Wildman–Crippen MR) is 27.0 cm³/mol. The molecule has 0 radical (unpaired) electrons. The Morgan fingerprint density at radius 1 is 1.83 bits per heavy atom. The van der Waals surface area contributed by atoms with Crippen LogP contribution in [0.3, 0.4) is 0 Å². The molecule has 0 aromatic carbocycles. The van der Waals surface area contributed by atoms with Crippen LogP contribution < -0.4 is 4.98 Å². The average molecular weight is 103 g/mol. The number of hydrogen-bond acceptors (Lipinski definition) is 2. The summed E-state index contributed by atoms with van der Waals surface area (Å²) in [5.74, 6) is 0. The molecule has 2 nitrogen and oxygen atoms in total. The summed E-state index contributed by atoms with van der Waals surface area (Å²) in [4.78, 5) is 3.24. The Morgan fingerprint density at radius 3 is 2.83 bits per heavy atom. The predicted octanol–water partition coefficient (Wildman–Crippen LogP) is -0.544. The quantitative estimate of drug-likeness (QED) is 0.416. The Labute approximate surface area is 39.3 Å². The van der Waals surface area contributed by atoms with Gasteiger partial charge in [-0.1, -0.05) is 0 Å². The number of hydrogen-bond donors (Lipinski definition) is 1. The largest absolute Gasteiger partial charge is 0.405 e. The van der Waals surface area contributed by atoms with Crippen molar-refractivity contribution in [2.24, 2.45) is 0 Å². The molecular weight excluding hydrogens is 94.1 g/mol. The second-order valence-corrected chi connectivity index (χ2v) is 3.49. The molecule has 3 heteroatoms. The van der Waals surface area contributed by atoms with E-state index in [9.17, 15) is 0 Å². The first-order valence-corrected chi connectivity index (χ1v) is 4.45. The van der Waals surface area contributed by atoms with Crippen molar-refractivity contribution in [2.45, 2.75) is 6.55 Å². The average Bonchev–Trinajstić information content (AvgIpc) is 1.86. The highest BCUT2D eigenvalue weighted by Crippen LogP contribution is 1.85. The van der Waals surface area contributed by atoms with E-state index < -0.39 is 9.20 Å². The molecule has 0 aliphatic carbocycles. The summed E-state index contributed by atoms with van der Waals surface area (Å²) in [6.07, 6.45) is 0. The van der Waals surface area contributed by atoms with E-state index >= 15 is 0 Å². The zero-order chi connectivity index (χ0) is 4.41. The second kappa shape index (κ2) is 1.73. The summed E-state index contributed by atoms with van der Waals surface area (Å²) >= 11 is 0. The van der Waals surface area contributed by atoms with Crippen molar-refractivity contribution in [3.8, 4) is 0 Å². The monoisotopic (exact) mass is 103 g/mol. The molecule has 1 unspecified atom stereocenters. The van der Waals surface area contributed by atoms with Crippen LogP contribution in [0.5, 0.6) is 0 Å². The molecule has 0 saturated carbocycles. The normalized spacial score (nSPS) is 34.5. The number of nitrogens with one attached hydrogen (secondary N) is 1. The minimum atomic E-state index is -0.799. The molecule has 1 heterocycles. The van der Waals surface area contributed by atoms with Crippen molar-refractivity contribution in [1.82, 2.24) is 4.98 Å². The van der Waals surface area contributed by atoms with Crippen LogP contribution >= 0.6 is 0 Å². The fraction of sp³-hybridized carbons (Fsp3) is 1.00. The van der Waals surface area contributed by atoms with Crippen LogP contribution in [0.2, 0.25) is 6.55 Å². The maximum absolute atomic E-state index is 5.18. The molecule has 1 saturated heterocycles. The summed E-state index contributed by atoms with van der Waals surface area (Å²) in [5.41, 5.74) is 0. The van der Waals surface area contributed by atoms with E-state index in [1.807, 2.05) is 0 Å². The lowest BCUT2D eigenvalue weighted by atomic mass is 10.8. The first-order chi connectivity index (χ1) is 2.89. The lowest BCUT2D eigenvalue weighted by molar-refractivity contribution is 0.373. The van der Waals surface area contributed by atoms with Gasteiger partial charge < -0.3 is 9.41 Å². The van der Waals surface area contributed by atoms with Gasteiger partial charge in [-0.05, 0) is 6.55 Å². The van der Waals surface area contributed by atoms with Crippen molar-refractivity contribution in [1.29, 1.82) is 0 Å². The van der Waals surface area contributed by atoms with Gasteiger partial charge in [0.25, 0.3) is 0 Å². The molecule has 36 valence electrons. The Morgan fingerprint density at radius 2 is 2.67 bits per heavy atom. The summed E-state index contributed by atoms with van der Waals surface area (Å²) in [6.45, 7) is 4.16. The molecule has 0 spiro atoms. The van der Waals surface area contributed by atoms with Crippen molar-refractivity contribution >= 4 is 9.20 Å². The first-order valence-electron chi connectivity index (χ1n) is 2.24. The summed E-state index contributed by atoms with van der Waals surface area (Å²) < 4.78 is 5.18. The topological polar surface area (TPSA) is 21.3 Å².